The maximum atomic E-state index is 12.5. The van der Waals surface area contributed by atoms with Crippen LogP contribution < -0.4 is 10.6 Å². The quantitative estimate of drug-likeness (QED) is 0.874. The van der Waals surface area contributed by atoms with Gasteiger partial charge in [-0.15, -0.1) is 0 Å². The zero-order valence-corrected chi connectivity index (χ0v) is 14.3. The Morgan fingerprint density at radius 3 is 2.58 bits per heavy atom. The predicted octanol–water partition coefficient (Wildman–Crippen LogP) is 3.95. The number of carbonyl (C=O) groups excluding carboxylic acids is 1. The SMILES string of the molecule is CCc1cccc(C)c1NC(=O)c1cnc(NC2CCCC2)nc1. The number of hydrogen-bond acceptors (Lipinski definition) is 4. The Kier molecular flexibility index (Phi) is 5.08. The summed E-state index contributed by atoms with van der Waals surface area (Å²) < 4.78 is 0. The van der Waals surface area contributed by atoms with Crippen LogP contribution in [0.2, 0.25) is 0 Å². The van der Waals surface area contributed by atoms with Crippen molar-refractivity contribution in [2.45, 2.75) is 52.0 Å². The van der Waals surface area contributed by atoms with Gasteiger partial charge >= 0.3 is 0 Å². The van der Waals surface area contributed by atoms with Crippen LogP contribution in [0.15, 0.2) is 30.6 Å². The van der Waals surface area contributed by atoms with Gasteiger partial charge < -0.3 is 10.6 Å². The molecule has 1 aliphatic rings. The fourth-order valence-corrected chi connectivity index (χ4v) is 3.16. The molecule has 0 unspecified atom stereocenters. The largest absolute Gasteiger partial charge is 0.351 e. The number of benzene rings is 1. The zero-order chi connectivity index (χ0) is 16.9. The van der Waals surface area contributed by atoms with Gasteiger partial charge in [0.2, 0.25) is 5.95 Å². The van der Waals surface area contributed by atoms with Gasteiger partial charge in [-0.2, -0.15) is 0 Å². The molecule has 2 aromatic rings. The molecule has 1 saturated carbocycles. The number of hydrogen-bond donors (Lipinski definition) is 2. The number of nitrogens with zero attached hydrogens (tertiary/aromatic N) is 2. The van der Waals surface area contributed by atoms with E-state index < -0.39 is 0 Å². The molecule has 3 rings (SSSR count). The first-order chi connectivity index (χ1) is 11.7. The number of anilines is 2. The van der Waals surface area contributed by atoms with Gasteiger partial charge in [-0.25, -0.2) is 9.97 Å². The third-order valence-corrected chi connectivity index (χ3v) is 4.58. The third-order valence-electron chi connectivity index (χ3n) is 4.58. The van der Waals surface area contributed by atoms with E-state index in [2.05, 4.69) is 27.5 Å². The van der Waals surface area contributed by atoms with Gasteiger partial charge in [0.05, 0.1) is 5.56 Å². The molecule has 5 nitrogen and oxygen atoms in total. The standard InChI is InChI=1S/C19H24N4O/c1-3-14-8-6-7-13(2)17(14)23-18(24)15-11-20-19(21-12-15)22-16-9-4-5-10-16/h6-8,11-12,16H,3-5,9-10H2,1-2H3,(H,23,24)(H,20,21,22). The van der Waals surface area contributed by atoms with Gasteiger partial charge in [-0.3, -0.25) is 4.79 Å². The molecular weight excluding hydrogens is 300 g/mol. The van der Waals surface area contributed by atoms with Crippen molar-refractivity contribution >= 4 is 17.5 Å². The molecule has 2 N–H and O–H groups in total. The summed E-state index contributed by atoms with van der Waals surface area (Å²) in [5, 5.41) is 6.33. The van der Waals surface area contributed by atoms with Crippen LogP contribution in [0.1, 0.15) is 54.1 Å². The van der Waals surface area contributed by atoms with Crippen LogP contribution in [0, 0.1) is 6.92 Å². The predicted molar refractivity (Wildman–Crippen MR) is 96.4 cm³/mol. The van der Waals surface area contributed by atoms with E-state index in [1.165, 1.54) is 25.7 Å². The Labute approximate surface area is 142 Å². The summed E-state index contributed by atoms with van der Waals surface area (Å²) >= 11 is 0. The zero-order valence-electron chi connectivity index (χ0n) is 14.3. The molecule has 5 heteroatoms. The van der Waals surface area contributed by atoms with Crippen molar-refractivity contribution < 1.29 is 4.79 Å². The number of carbonyl (C=O) groups is 1. The van der Waals surface area contributed by atoms with Crippen molar-refractivity contribution in [2.75, 3.05) is 10.6 Å². The van der Waals surface area contributed by atoms with Gasteiger partial charge in [0.1, 0.15) is 0 Å². The summed E-state index contributed by atoms with van der Waals surface area (Å²) in [6, 6.07) is 6.51. The molecule has 1 heterocycles. The van der Waals surface area contributed by atoms with Crippen molar-refractivity contribution in [3.8, 4) is 0 Å². The number of aryl methyl sites for hydroxylation is 2. The minimum atomic E-state index is -0.175. The minimum Gasteiger partial charge on any atom is -0.351 e. The lowest BCUT2D eigenvalue weighted by molar-refractivity contribution is 0.102. The molecular formula is C19H24N4O. The third kappa shape index (κ3) is 3.72. The maximum Gasteiger partial charge on any atom is 0.258 e. The van der Waals surface area contributed by atoms with E-state index in [-0.39, 0.29) is 5.91 Å². The first-order valence-corrected chi connectivity index (χ1v) is 8.65. The molecule has 1 aromatic heterocycles. The molecule has 1 aliphatic carbocycles. The van der Waals surface area contributed by atoms with Crippen LogP contribution >= 0.6 is 0 Å². The van der Waals surface area contributed by atoms with E-state index in [4.69, 9.17) is 0 Å². The molecule has 126 valence electrons. The highest BCUT2D eigenvalue weighted by atomic mass is 16.1. The first kappa shape index (κ1) is 16.4. The summed E-state index contributed by atoms with van der Waals surface area (Å²) in [4.78, 5) is 21.1. The lowest BCUT2D eigenvalue weighted by Gasteiger charge is -2.13. The van der Waals surface area contributed by atoms with E-state index in [0.717, 1.165) is 23.2 Å². The topological polar surface area (TPSA) is 66.9 Å². The second kappa shape index (κ2) is 7.43. The summed E-state index contributed by atoms with van der Waals surface area (Å²) in [7, 11) is 0. The van der Waals surface area contributed by atoms with Crippen LogP contribution in [-0.2, 0) is 6.42 Å². The summed E-state index contributed by atoms with van der Waals surface area (Å²) in [5.74, 6) is 0.426. The van der Waals surface area contributed by atoms with Crippen molar-refractivity contribution in [2.24, 2.45) is 0 Å². The van der Waals surface area contributed by atoms with Crippen molar-refractivity contribution in [3.05, 3.63) is 47.3 Å². The van der Waals surface area contributed by atoms with Crippen LogP contribution in [0.25, 0.3) is 0 Å². The minimum absolute atomic E-state index is 0.175. The molecule has 0 aliphatic heterocycles. The Bertz CT molecular complexity index is 706. The smallest absolute Gasteiger partial charge is 0.258 e. The monoisotopic (exact) mass is 324 g/mol. The van der Waals surface area contributed by atoms with E-state index in [1.807, 2.05) is 25.1 Å². The summed E-state index contributed by atoms with van der Waals surface area (Å²) in [6.45, 7) is 4.08. The van der Waals surface area contributed by atoms with Crippen molar-refractivity contribution in [1.82, 2.24) is 9.97 Å². The van der Waals surface area contributed by atoms with Crippen LogP contribution in [-0.4, -0.2) is 21.9 Å². The van der Waals surface area contributed by atoms with E-state index in [9.17, 15) is 4.79 Å². The molecule has 0 spiro atoms. The first-order valence-electron chi connectivity index (χ1n) is 8.65. The number of rotatable bonds is 5. The second-order valence-corrected chi connectivity index (χ2v) is 6.34. The molecule has 0 atom stereocenters. The molecule has 1 fully saturated rings. The summed E-state index contributed by atoms with van der Waals surface area (Å²) in [6.07, 6.45) is 8.89. The highest BCUT2D eigenvalue weighted by Gasteiger charge is 2.16. The highest BCUT2D eigenvalue weighted by molar-refractivity contribution is 6.04. The van der Waals surface area contributed by atoms with E-state index in [0.29, 0.717) is 17.6 Å². The Morgan fingerprint density at radius 1 is 1.21 bits per heavy atom. The number of amides is 1. The molecule has 0 radical (unpaired) electrons. The molecule has 24 heavy (non-hydrogen) atoms. The fraction of sp³-hybridized carbons (Fsp3) is 0.421. The van der Waals surface area contributed by atoms with E-state index in [1.54, 1.807) is 12.4 Å². The lowest BCUT2D eigenvalue weighted by atomic mass is 10.1. The van der Waals surface area contributed by atoms with Crippen molar-refractivity contribution in [3.63, 3.8) is 0 Å². The van der Waals surface area contributed by atoms with Crippen LogP contribution in [0.5, 0.6) is 0 Å². The molecule has 1 aromatic carbocycles. The van der Waals surface area contributed by atoms with Gasteiger partial charge in [-0.1, -0.05) is 38.0 Å². The number of para-hydroxylation sites is 1. The highest BCUT2D eigenvalue weighted by Crippen LogP contribution is 2.22. The Morgan fingerprint density at radius 2 is 1.92 bits per heavy atom. The molecule has 0 bridgehead atoms. The lowest BCUT2D eigenvalue weighted by Crippen LogP contribution is -2.18. The van der Waals surface area contributed by atoms with Gasteiger partial charge in [0.25, 0.3) is 5.91 Å². The summed E-state index contributed by atoms with van der Waals surface area (Å²) in [5.41, 5.74) is 3.54. The van der Waals surface area contributed by atoms with E-state index >= 15 is 0 Å². The Balaban J connectivity index is 1.69. The molecule has 0 saturated heterocycles. The Hall–Kier alpha value is -2.43. The number of aromatic nitrogens is 2. The fourth-order valence-electron chi connectivity index (χ4n) is 3.16. The van der Waals surface area contributed by atoms with Gasteiger partial charge in [0.15, 0.2) is 0 Å². The maximum absolute atomic E-state index is 12.5. The van der Waals surface area contributed by atoms with Crippen molar-refractivity contribution in [1.29, 1.82) is 0 Å². The second-order valence-electron chi connectivity index (χ2n) is 6.34. The van der Waals surface area contributed by atoms with Gasteiger partial charge in [0, 0.05) is 24.1 Å². The van der Waals surface area contributed by atoms with Crippen LogP contribution in [0.3, 0.4) is 0 Å². The van der Waals surface area contributed by atoms with Crippen LogP contribution in [0.4, 0.5) is 11.6 Å². The average Bonchev–Trinajstić information content (AvgIpc) is 3.10. The normalized spacial score (nSPS) is 14.6. The average molecular weight is 324 g/mol. The molecule has 1 amide bonds. The number of nitrogens with one attached hydrogen (secondary N) is 2. The van der Waals surface area contributed by atoms with Gasteiger partial charge in [-0.05, 0) is 37.3 Å².